The Labute approximate surface area is 81.1 Å². The van der Waals surface area contributed by atoms with E-state index in [1.54, 1.807) is 0 Å². The summed E-state index contributed by atoms with van der Waals surface area (Å²) in [6.07, 6.45) is 1.50. The van der Waals surface area contributed by atoms with E-state index in [9.17, 15) is 4.79 Å². The zero-order chi connectivity index (χ0) is 9.97. The smallest absolute Gasteiger partial charge is 0.235 e. The fraction of sp³-hybridized carbons (Fsp3) is 0.182. The largest absolute Gasteiger partial charge is 0.459 e. The molecule has 0 aliphatic heterocycles. The summed E-state index contributed by atoms with van der Waals surface area (Å²) in [5.41, 5.74) is 1.88. The summed E-state index contributed by atoms with van der Waals surface area (Å²) in [4.78, 5) is 13.5. The van der Waals surface area contributed by atoms with Crippen molar-refractivity contribution < 1.29 is 9.21 Å². The van der Waals surface area contributed by atoms with Crippen LogP contribution in [-0.2, 0) is 11.3 Å². The van der Waals surface area contributed by atoms with E-state index < -0.39 is 0 Å². The van der Waals surface area contributed by atoms with Crippen LogP contribution in [0.15, 0.2) is 33.7 Å². The first-order chi connectivity index (χ1) is 6.83. The quantitative estimate of drug-likeness (QED) is 0.535. The van der Waals surface area contributed by atoms with Gasteiger partial charge < -0.3 is 4.42 Å². The molecule has 0 bridgehead atoms. The zero-order valence-electron chi connectivity index (χ0n) is 7.78. The maximum Gasteiger partial charge on any atom is 0.235 e. The van der Waals surface area contributed by atoms with Crippen LogP contribution in [0.4, 0.5) is 0 Å². The van der Waals surface area contributed by atoms with Crippen molar-refractivity contribution in [3.05, 3.63) is 35.6 Å². The summed E-state index contributed by atoms with van der Waals surface area (Å²) in [5, 5.41) is 1.07. The van der Waals surface area contributed by atoms with Crippen LogP contribution in [0.3, 0.4) is 0 Å². The van der Waals surface area contributed by atoms with Crippen LogP contribution < -0.4 is 0 Å². The molecule has 0 fully saturated rings. The second-order valence-corrected chi connectivity index (χ2v) is 3.05. The van der Waals surface area contributed by atoms with Gasteiger partial charge in [0.05, 0.1) is 0 Å². The molecule has 3 heteroatoms. The van der Waals surface area contributed by atoms with Crippen LogP contribution in [0.25, 0.3) is 11.0 Å². The lowest BCUT2D eigenvalue weighted by Crippen LogP contribution is -1.79. The van der Waals surface area contributed by atoms with Crippen molar-refractivity contribution in [1.29, 1.82) is 0 Å². The first kappa shape index (κ1) is 8.73. The van der Waals surface area contributed by atoms with Crippen LogP contribution in [0.5, 0.6) is 0 Å². The number of aliphatic imine (C=N–C) groups is 1. The third kappa shape index (κ3) is 1.34. The Morgan fingerprint density at radius 1 is 1.43 bits per heavy atom. The number of benzene rings is 1. The predicted molar refractivity (Wildman–Crippen MR) is 52.8 cm³/mol. The Morgan fingerprint density at radius 3 is 2.93 bits per heavy atom. The summed E-state index contributed by atoms with van der Waals surface area (Å²) < 4.78 is 5.53. The van der Waals surface area contributed by atoms with Gasteiger partial charge in [0.2, 0.25) is 6.08 Å². The highest BCUT2D eigenvalue weighted by Crippen LogP contribution is 2.25. The molecule has 0 unspecified atom stereocenters. The Hall–Kier alpha value is -1.86. The summed E-state index contributed by atoms with van der Waals surface area (Å²) in [5.74, 6) is 0.731. The number of carbonyl (C=O) groups excluding carboxylic acids is 1. The van der Waals surface area contributed by atoms with Gasteiger partial charge in [0, 0.05) is 10.9 Å². The molecule has 1 aromatic heterocycles. The fourth-order valence-corrected chi connectivity index (χ4v) is 1.48. The highest BCUT2D eigenvalue weighted by atomic mass is 16.3. The van der Waals surface area contributed by atoms with E-state index in [0.29, 0.717) is 0 Å². The molecular formula is C11H9NO2. The summed E-state index contributed by atoms with van der Waals surface area (Å²) in [6, 6.07) is 7.76. The average molecular weight is 187 g/mol. The minimum absolute atomic E-state index is 0.268. The van der Waals surface area contributed by atoms with Gasteiger partial charge in [-0.1, -0.05) is 18.2 Å². The second kappa shape index (κ2) is 3.48. The van der Waals surface area contributed by atoms with Crippen LogP contribution in [0, 0.1) is 6.92 Å². The minimum Gasteiger partial charge on any atom is -0.459 e. The molecular weight excluding hydrogens is 178 g/mol. The molecule has 0 radical (unpaired) electrons. The second-order valence-electron chi connectivity index (χ2n) is 3.05. The van der Waals surface area contributed by atoms with Gasteiger partial charge in [0.1, 0.15) is 17.9 Å². The number of rotatable bonds is 2. The molecule has 70 valence electrons. The molecule has 0 N–H and O–H groups in total. The van der Waals surface area contributed by atoms with E-state index >= 15 is 0 Å². The lowest BCUT2D eigenvalue weighted by Gasteiger charge is -1.88. The molecule has 0 aliphatic rings. The van der Waals surface area contributed by atoms with E-state index in [1.807, 2.05) is 31.2 Å². The van der Waals surface area contributed by atoms with Gasteiger partial charge in [-0.2, -0.15) is 4.99 Å². The van der Waals surface area contributed by atoms with Crippen molar-refractivity contribution in [1.82, 2.24) is 0 Å². The van der Waals surface area contributed by atoms with Crippen molar-refractivity contribution >= 4 is 17.0 Å². The van der Waals surface area contributed by atoms with Gasteiger partial charge in [-0.25, -0.2) is 4.79 Å². The molecule has 0 saturated heterocycles. The fourth-order valence-electron chi connectivity index (χ4n) is 1.48. The summed E-state index contributed by atoms with van der Waals surface area (Å²) >= 11 is 0. The monoisotopic (exact) mass is 187 g/mol. The molecule has 0 saturated carbocycles. The number of isocyanates is 1. The van der Waals surface area contributed by atoms with Gasteiger partial charge in [0.15, 0.2) is 0 Å². The summed E-state index contributed by atoms with van der Waals surface area (Å²) in [6.45, 7) is 2.23. The predicted octanol–water partition coefficient (Wildman–Crippen LogP) is 2.58. The Kier molecular flexibility index (Phi) is 2.17. The highest BCUT2D eigenvalue weighted by Gasteiger charge is 2.08. The first-order valence-corrected chi connectivity index (χ1v) is 4.33. The van der Waals surface area contributed by atoms with Crippen molar-refractivity contribution in [2.45, 2.75) is 13.5 Å². The zero-order valence-corrected chi connectivity index (χ0v) is 7.78. The van der Waals surface area contributed by atoms with Crippen LogP contribution in [-0.4, -0.2) is 6.08 Å². The molecule has 2 aromatic rings. The van der Waals surface area contributed by atoms with Gasteiger partial charge in [-0.3, -0.25) is 0 Å². The van der Waals surface area contributed by atoms with Gasteiger partial charge in [0.25, 0.3) is 0 Å². The third-order valence-electron chi connectivity index (χ3n) is 2.23. The number of hydrogen-bond donors (Lipinski definition) is 0. The number of para-hydroxylation sites is 1. The minimum atomic E-state index is 0.268. The van der Waals surface area contributed by atoms with Crippen molar-refractivity contribution in [2.24, 2.45) is 4.99 Å². The molecule has 0 aliphatic carbocycles. The molecule has 3 nitrogen and oxygen atoms in total. The number of nitrogens with zero attached hydrogens (tertiary/aromatic N) is 1. The van der Waals surface area contributed by atoms with E-state index in [-0.39, 0.29) is 6.54 Å². The van der Waals surface area contributed by atoms with E-state index in [1.165, 1.54) is 6.08 Å². The molecule has 2 rings (SSSR count). The van der Waals surface area contributed by atoms with E-state index in [4.69, 9.17) is 4.42 Å². The lowest BCUT2D eigenvalue weighted by molar-refractivity contribution is 0.539. The number of hydrogen-bond acceptors (Lipinski definition) is 3. The number of furan rings is 1. The van der Waals surface area contributed by atoms with Crippen LogP contribution in [0.2, 0.25) is 0 Å². The lowest BCUT2D eigenvalue weighted by atomic mass is 10.1. The standard InChI is InChI=1S/C11H9NO2/c1-8-9-4-2-3-5-10(9)14-11(8)6-12-7-13/h2-5H,6H2,1H3. The number of aryl methyl sites for hydroxylation is 1. The average Bonchev–Trinajstić information content (AvgIpc) is 2.54. The topological polar surface area (TPSA) is 42.6 Å². The molecule has 0 spiro atoms. The Morgan fingerprint density at radius 2 is 2.21 bits per heavy atom. The van der Waals surface area contributed by atoms with Gasteiger partial charge >= 0.3 is 0 Å². The van der Waals surface area contributed by atoms with Crippen molar-refractivity contribution in [3.63, 3.8) is 0 Å². The third-order valence-corrected chi connectivity index (χ3v) is 2.23. The first-order valence-electron chi connectivity index (χ1n) is 4.33. The van der Waals surface area contributed by atoms with Gasteiger partial charge in [-0.05, 0) is 13.0 Å². The molecule has 1 aromatic carbocycles. The number of fused-ring (bicyclic) bond motifs is 1. The molecule has 1 heterocycles. The van der Waals surface area contributed by atoms with Gasteiger partial charge in [-0.15, -0.1) is 0 Å². The van der Waals surface area contributed by atoms with Crippen LogP contribution in [0.1, 0.15) is 11.3 Å². The normalized spacial score (nSPS) is 10.1. The molecule has 0 amide bonds. The van der Waals surface area contributed by atoms with Crippen molar-refractivity contribution in [3.8, 4) is 0 Å². The summed E-state index contributed by atoms with van der Waals surface area (Å²) in [7, 11) is 0. The molecule has 14 heavy (non-hydrogen) atoms. The van der Waals surface area contributed by atoms with E-state index in [0.717, 1.165) is 22.3 Å². The Balaban J connectivity index is 2.56. The maximum atomic E-state index is 9.97. The molecule has 0 atom stereocenters. The van der Waals surface area contributed by atoms with Crippen LogP contribution >= 0.6 is 0 Å². The Bertz CT molecular complexity index is 507. The van der Waals surface area contributed by atoms with E-state index in [2.05, 4.69) is 4.99 Å². The SMILES string of the molecule is Cc1c(CN=C=O)oc2ccccc12. The highest BCUT2D eigenvalue weighted by molar-refractivity contribution is 5.81. The van der Waals surface area contributed by atoms with Crippen molar-refractivity contribution in [2.75, 3.05) is 0 Å². The maximum absolute atomic E-state index is 9.97.